The van der Waals surface area contributed by atoms with E-state index in [-0.39, 0.29) is 203 Å². The van der Waals surface area contributed by atoms with Gasteiger partial charge in [-0.25, -0.2) is 28.8 Å². The predicted octanol–water partition coefficient (Wildman–Crippen LogP) is 5.40. The number of carbonyl (C=O) groups excluding carboxylic acids is 3. The van der Waals surface area contributed by atoms with Crippen LogP contribution in [0.4, 0.5) is 0 Å². The number of rotatable bonds is 19. The summed E-state index contributed by atoms with van der Waals surface area (Å²) in [7, 11) is 1.29. The van der Waals surface area contributed by atoms with Crippen LogP contribution in [0.3, 0.4) is 0 Å². The second-order valence-corrected chi connectivity index (χ2v) is 32.8. The molecule has 0 spiro atoms. The summed E-state index contributed by atoms with van der Waals surface area (Å²) in [5.74, 6) is -17.7. The van der Waals surface area contributed by atoms with Crippen molar-refractivity contribution in [2.24, 2.45) is 0 Å². The molecule has 43 nitrogen and oxygen atoms in total. The van der Waals surface area contributed by atoms with Crippen LogP contribution in [-0.2, 0) is 101 Å². The van der Waals surface area contributed by atoms with Gasteiger partial charge in [-0.15, -0.1) is 0 Å². The van der Waals surface area contributed by atoms with Crippen LogP contribution >= 0.6 is 0 Å². The van der Waals surface area contributed by atoms with E-state index in [1.54, 1.807) is 0 Å². The number of aryl methyl sites for hydroxylation is 3. The Hall–Kier alpha value is -16.4. The summed E-state index contributed by atoms with van der Waals surface area (Å²) in [6.07, 6.45) is -18.3. The first kappa shape index (κ1) is 93.8. The first-order valence-corrected chi connectivity index (χ1v) is 41.3. The lowest BCUT2D eigenvalue weighted by atomic mass is 9.80. The molecule has 137 heavy (non-hydrogen) atoms. The number of Topliss-reactive ketones (excluding diaryl/α,β-unsaturated/α-hetero) is 3. The molecule has 12 aromatic rings. The number of aliphatic hydroxyl groups excluding tert-OH is 7. The molecule has 3 aliphatic carbocycles. The molecule has 0 unspecified atom stereocenters. The van der Waals surface area contributed by atoms with Gasteiger partial charge in [-0.05, 0) is 141 Å². The number of aliphatic hydroxyl groups is 7. The molecule has 6 aliphatic rings. The fourth-order valence-corrected chi connectivity index (χ4v) is 18.1. The molecule has 6 heterocycles. The summed E-state index contributed by atoms with van der Waals surface area (Å²) in [5, 5.41) is 218. The smallest absolute Gasteiger partial charge is 0.371 e. The topological polar surface area (TPSA) is 734 Å². The summed E-state index contributed by atoms with van der Waals surface area (Å²) in [6, 6.07) is 16.3. The molecule has 3 aromatic heterocycles. The van der Waals surface area contributed by atoms with Gasteiger partial charge >= 0.3 is 35.8 Å². The number of aromatic carboxylic acids is 3. The summed E-state index contributed by atoms with van der Waals surface area (Å²) >= 11 is 0. The molecule has 11 atom stereocenters. The minimum atomic E-state index is -1.98. The maximum atomic E-state index is 14.0. The Morgan fingerprint density at radius 1 is 0.358 bits per heavy atom. The highest BCUT2D eigenvalue weighted by atomic mass is 16.7. The van der Waals surface area contributed by atoms with Crippen LogP contribution in [0, 0.1) is 0 Å². The maximum absolute atomic E-state index is 14.0. The number of aromatic hydroxyl groups is 8. The van der Waals surface area contributed by atoms with Crippen molar-refractivity contribution in [1.82, 2.24) is 0 Å². The number of hydrogen-bond donors (Lipinski definition) is 21. The van der Waals surface area contributed by atoms with Crippen LogP contribution in [0.25, 0.3) is 99.2 Å². The predicted molar refractivity (Wildman–Crippen MR) is 464 cm³/mol. The number of phenols is 8. The highest BCUT2D eigenvalue weighted by molar-refractivity contribution is 6.11. The Kier molecular flexibility index (Phi) is 24.3. The summed E-state index contributed by atoms with van der Waals surface area (Å²) in [4.78, 5) is 148. The zero-order chi connectivity index (χ0) is 99.0. The third-order valence-corrected chi connectivity index (χ3v) is 24.0. The summed E-state index contributed by atoms with van der Waals surface area (Å²) < 4.78 is 56.0. The zero-order valence-corrected chi connectivity index (χ0v) is 71.2. The number of phenolic OH excluding ortho intramolecular Hbond substituents is 5. The number of aliphatic carboxylic acids is 3. The molecule has 43 heteroatoms. The van der Waals surface area contributed by atoms with Crippen molar-refractivity contribution in [2.45, 2.75) is 146 Å². The summed E-state index contributed by atoms with van der Waals surface area (Å²) in [6.45, 7) is 3.82. The number of carbonyl (C=O) groups is 9. The number of fused-ring (bicyclic) bond motifs is 15. The fourth-order valence-electron chi connectivity index (χ4n) is 18.1. The van der Waals surface area contributed by atoms with E-state index in [1.165, 1.54) is 101 Å². The van der Waals surface area contributed by atoms with E-state index in [0.29, 0.717) is 22.3 Å². The van der Waals surface area contributed by atoms with Crippen LogP contribution in [-0.4, -0.2) is 235 Å². The van der Waals surface area contributed by atoms with Gasteiger partial charge in [0.25, 0.3) is 12.6 Å². The highest BCUT2D eigenvalue weighted by Crippen LogP contribution is 2.57. The van der Waals surface area contributed by atoms with Crippen molar-refractivity contribution in [2.75, 3.05) is 7.11 Å². The SMILES string of the molecule is CC(=O)Cc1cc2c(c(O)c1C(=O)O)-c1c(c(O)c3oc4c(O[C@@H]5OC(C(=O)O)=C[C@H](O)[C@H]5O)cccc4c(=O)c3c1O)CC2.CC(=O)Cc1cc2c(c(O)c1C(=O)O)-c1c(c(O)c3oc4c(O[C@@H]5O[C@H](C(=O)O)[C@@H](O)[C@H](O)[C@H]5O)cccc4c(=O)c3c1O)CC2.COc1c2c(c(O)c3c(=O)c4cccc(O[C@@H]5OC(C(=O)O)=C[C@H](O)[C@H]5O)c4oc13)-c1c(cc(CC(C)=O)c(C(=O)O)c1O)CC2. The second-order valence-electron chi connectivity index (χ2n) is 32.8. The number of para-hydroxylation sites is 3. The van der Waals surface area contributed by atoms with Crippen LogP contribution in [0.15, 0.2) is 124 Å². The summed E-state index contributed by atoms with van der Waals surface area (Å²) in [5.41, 5.74) is -4.93. The average Bonchev–Trinajstić information content (AvgIpc) is 0.718. The number of carboxylic acids is 6. The van der Waals surface area contributed by atoms with Gasteiger partial charge in [0.15, 0.2) is 86.3 Å². The normalized spacial score (nSPS) is 20.0. The second kappa shape index (κ2) is 35.5. The number of ketones is 3. The number of hydrogen-bond acceptors (Lipinski definition) is 37. The largest absolute Gasteiger partial charge is 0.506 e. The van der Waals surface area contributed by atoms with E-state index in [9.17, 15) is 165 Å². The Balaban J connectivity index is 0.000000149. The third kappa shape index (κ3) is 15.9. The lowest BCUT2D eigenvalue weighted by Crippen LogP contribution is -2.61. The monoisotopic (exact) mass is 1890 g/mol. The minimum absolute atomic E-state index is 0.00631. The molecule has 21 N–H and O–H groups in total. The van der Waals surface area contributed by atoms with E-state index in [4.69, 9.17) is 46.4 Å². The Labute approximate surface area is 762 Å². The van der Waals surface area contributed by atoms with E-state index in [1.807, 2.05) is 0 Å². The van der Waals surface area contributed by atoms with E-state index >= 15 is 0 Å². The Morgan fingerprint density at radius 2 is 0.679 bits per heavy atom. The van der Waals surface area contributed by atoms with Crippen molar-refractivity contribution < 1.29 is 197 Å². The third-order valence-electron chi connectivity index (χ3n) is 24.0. The zero-order valence-electron chi connectivity index (χ0n) is 71.2. The molecule has 0 amide bonds. The fraction of sp³-hybridized carbons (Fsp3) is 0.255. The molecule has 710 valence electrons. The first-order chi connectivity index (χ1) is 64.8. The van der Waals surface area contributed by atoms with Crippen molar-refractivity contribution in [3.63, 3.8) is 0 Å². The van der Waals surface area contributed by atoms with Crippen molar-refractivity contribution in [1.29, 1.82) is 0 Å². The number of methoxy groups -OCH3 is 1. The quantitative estimate of drug-likeness (QED) is 0.0356. The lowest BCUT2D eigenvalue weighted by molar-refractivity contribution is -0.271. The average molecular weight is 1890 g/mol. The van der Waals surface area contributed by atoms with Crippen molar-refractivity contribution in [3.8, 4) is 102 Å². The molecule has 18 rings (SSSR count). The molecular formula is C94H76O43. The van der Waals surface area contributed by atoms with Crippen LogP contribution < -0.4 is 35.2 Å². The Bertz CT molecular complexity index is 7610. The molecule has 1 saturated heterocycles. The van der Waals surface area contributed by atoms with E-state index < -0.39 is 216 Å². The molecular weight excluding hydrogens is 1820 g/mol. The maximum Gasteiger partial charge on any atom is 0.371 e. The van der Waals surface area contributed by atoms with Crippen LogP contribution in [0.2, 0.25) is 0 Å². The minimum Gasteiger partial charge on any atom is -0.506 e. The number of benzene rings is 9. The van der Waals surface area contributed by atoms with Gasteiger partial charge in [0.2, 0.25) is 34.1 Å². The lowest BCUT2D eigenvalue weighted by Gasteiger charge is -2.38. The Morgan fingerprint density at radius 3 is 1.00 bits per heavy atom. The molecule has 9 aromatic carbocycles. The molecule has 0 saturated carbocycles. The molecule has 0 radical (unpaired) electrons. The van der Waals surface area contributed by atoms with Crippen LogP contribution in [0.1, 0.15) is 102 Å². The number of ether oxygens (including phenoxy) is 7. The van der Waals surface area contributed by atoms with E-state index in [0.717, 1.165) is 12.2 Å². The van der Waals surface area contributed by atoms with Gasteiger partial charge in [-0.2, -0.15) is 0 Å². The molecule has 1 fully saturated rings. The molecule has 0 bridgehead atoms. The molecule has 3 aliphatic heterocycles. The first-order valence-electron chi connectivity index (χ1n) is 41.3. The highest BCUT2D eigenvalue weighted by Gasteiger charge is 2.50. The van der Waals surface area contributed by atoms with E-state index in [2.05, 4.69) is 0 Å². The van der Waals surface area contributed by atoms with Crippen LogP contribution in [0.5, 0.6) is 69.0 Å². The van der Waals surface area contributed by atoms with Gasteiger partial charge in [0, 0.05) is 69.3 Å². The standard InChI is InChI=1S/C32H26O14.C31H26O15.C31H24O14/c1-11(33)8-13-9-12-6-7-14-21(19(12)25(37)20(13)31(41)42)26(38)22-23(35)15-4-3-5-17(27(15)46-29(22)28(14)43-2)44-32-24(36)16(34)10-18(45-32)30(39)40;1-9(32)7-11-8-10-5-6-12-17(15(10)21(35)16(11)29(40)41)22(36)18-19(33)13-3-2-4-14(26(13)45-27(18)20(12)34)44-31-25(39)23(37)24(38)28(46-31)30(42)43;1-10(32)7-12-8-11-5-6-13-20(18(11)25(37)19(12)30(41)42)26(38)21-22(34)14-3-2-4-16(27(14)45-28(21)23(13)35)43-31-24(36)15(33)9-17(44-31)29(39)40/h3-5,9-10,16,24,32,34,36-38H,6-8H2,1-2H3,(H,39,40)(H,41,42);2-4,8,23-25,28,31,34-39H,5-7H2,1H3,(H,40,41)(H,42,43);2-4,8-9,15,24,31,33,35-38H,5-7H2,1H3,(H,39,40)(H,41,42)/t16-,24+,32+;23-,24-,25+,28-,31+;15-,24+,31+/m000/s1. The number of carboxylic acid groups (broad SMARTS) is 6. The van der Waals surface area contributed by atoms with Gasteiger partial charge in [0.05, 0.1) is 23.3 Å². The van der Waals surface area contributed by atoms with Gasteiger partial charge in [-0.1, -0.05) is 36.4 Å². The van der Waals surface area contributed by atoms with Crippen molar-refractivity contribution in [3.05, 3.63) is 194 Å². The van der Waals surface area contributed by atoms with Crippen molar-refractivity contribution >= 4 is 119 Å². The van der Waals surface area contributed by atoms with Gasteiger partial charge < -0.3 is 154 Å². The van der Waals surface area contributed by atoms with Gasteiger partial charge in [-0.3, -0.25) is 28.8 Å². The van der Waals surface area contributed by atoms with Gasteiger partial charge in [0.1, 0.15) is 115 Å².